The quantitative estimate of drug-likeness (QED) is 0.691. The Kier molecular flexibility index (Phi) is 5.32. The molecule has 1 rings (SSSR count). The highest BCUT2D eigenvalue weighted by atomic mass is 16.6. The second-order valence-corrected chi connectivity index (χ2v) is 4.23. The van der Waals surface area contributed by atoms with E-state index in [1.807, 2.05) is 13.8 Å². The fraction of sp³-hybridized carbons (Fsp3) is 0.750. The van der Waals surface area contributed by atoms with Crippen molar-refractivity contribution in [3.8, 4) is 0 Å². The van der Waals surface area contributed by atoms with Crippen molar-refractivity contribution in [1.29, 1.82) is 0 Å². The predicted molar refractivity (Wildman–Crippen MR) is 62.4 cm³/mol. The zero-order valence-corrected chi connectivity index (χ0v) is 10.4. The molecule has 0 fully saturated rings. The Balaban J connectivity index is 2.35. The summed E-state index contributed by atoms with van der Waals surface area (Å²) < 4.78 is 10.2. The molecule has 0 saturated heterocycles. The van der Waals surface area contributed by atoms with Crippen LogP contribution in [-0.2, 0) is 9.47 Å². The Morgan fingerprint density at radius 1 is 1.56 bits per heavy atom. The molecule has 0 radical (unpaired) electrons. The van der Waals surface area contributed by atoms with Gasteiger partial charge in [-0.15, -0.1) is 0 Å². The standard InChI is InChI=1S/C12H21NO3/c1-10(2)16-12(14)13-7-4-11(5-8-13)6-9-15-3/h4,10H,5-9H2,1-3H3. The van der Waals surface area contributed by atoms with Crippen LogP contribution in [0.5, 0.6) is 0 Å². The molecule has 0 unspecified atom stereocenters. The molecule has 0 N–H and O–H groups in total. The number of methoxy groups -OCH3 is 1. The first-order valence-corrected chi connectivity index (χ1v) is 5.76. The molecule has 4 heteroatoms. The van der Waals surface area contributed by atoms with Gasteiger partial charge in [0.1, 0.15) is 0 Å². The number of nitrogens with zero attached hydrogens (tertiary/aromatic N) is 1. The van der Waals surface area contributed by atoms with Crippen LogP contribution in [0.25, 0.3) is 0 Å². The van der Waals surface area contributed by atoms with Crippen LogP contribution in [0.15, 0.2) is 11.6 Å². The minimum absolute atomic E-state index is 0.0497. The molecule has 1 aliphatic heterocycles. The topological polar surface area (TPSA) is 38.8 Å². The monoisotopic (exact) mass is 227 g/mol. The highest BCUT2D eigenvalue weighted by molar-refractivity contribution is 5.68. The van der Waals surface area contributed by atoms with Crippen LogP contribution in [-0.4, -0.2) is 43.9 Å². The van der Waals surface area contributed by atoms with Gasteiger partial charge in [0.25, 0.3) is 0 Å². The Bertz CT molecular complexity index is 261. The average molecular weight is 227 g/mol. The molecule has 1 heterocycles. The van der Waals surface area contributed by atoms with Crippen molar-refractivity contribution in [2.75, 3.05) is 26.8 Å². The fourth-order valence-electron chi connectivity index (χ4n) is 1.61. The van der Waals surface area contributed by atoms with Crippen molar-refractivity contribution >= 4 is 6.09 Å². The van der Waals surface area contributed by atoms with Gasteiger partial charge in [-0.2, -0.15) is 0 Å². The van der Waals surface area contributed by atoms with Gasteiger partial charge in [-0.3, -0.25) is 0 Å². The first kappa shape index (κ1) is 13.0. The van der Waals surface area contributed by atoms with E-state index in [0.717, 1.165) is 26.0 Å². The van der Waals surface area contributed by atoms with E-state index in [1.165, 1.54) is 5.57 Å². The minimum Gasteiger partial charge on any atom is -0.447 e. The summed E-state index contributed by atoms with van der Waals surface area (Å²) >= 11 is 0. The Morgan fingerprint density at radius 2 is 2.31 bits per heavy atom. The van der Waals surface area contributed by atoms with E-state index in [4.69, 9.17) is 9.47 Å². The molecule has 0 aliphatic carbocycles. The highest BCUT2D eigenvalue weighted by Gasteiger charge is 2.18. The van der Waals surface area contributed by atoms with Crippen LogP contribution in [0.4, 0.5) is 4.79 Å². The van der Waals surface area contributed by atoms with E-state index in [9.17, 15) is 4.79 Å². The second kappa shape index (κ2) is 6.53. The number of carbonyl (C=O) groups excluding carboxylic acids is 1. The molecule has 1 amide bonds. The lowest BCUT2D eigenvalue weighted by atomic mass is 10.1. The number of hydrogen-bond donors (Lipinski definition) is 0. The number of amides is 1. The van der Waals surface area contributed by atoms with Gasteiger partial charge >= 0.3 is 6.09 Å². The SMILES string of the molecule is COCCC1=CCN(C(=O)OC(C)C)CC1. The van der Waals surface area contributed by atoms with Crippen LogP contribution < -0.4 is 0 Å². The van der Waals surface area contributed by atoms with E-state index < -0.39 is 0 Å². The summed E-state index contributed by atoms with van der Waals surface area (Å²) in [5.74, 6) is 0. The lowest BCUT2D eigenvalue weighted by Crippen LogP contribution is -2.36. The molecule has 0 spiro atoms. The third-order valence-corrected chi connectivity index (χ3v) is 2.53. The van der Waals surface area contributed by atoms with Crippen molar-refractivity contribution in [2.45, 2.75) is 32.8 Å². The van der Waals surface area contributed by atoms with Crippen molar-refractivity contribution in [3.05, 3.63) is 11.6 Å². The van der Waals surface area contributed by atoms with Gasteiger partial charge in [0.15, 0.2) is 0 Å². The minimum atomic E-state index is -0.211. The van der Waals surface area contributed by atoms with E-state index in [0.29, 0.717) is 6.54 Å². The molecule has 0 atom stereocenters. The van der Waals surface area contributed by atoms with Crippen LogP contribution in [0.1, 0.15) is 26.7 Å². The largest absolute Gasteiger partial charge is 0.447 e. The smallest absolute Gasteiger partial charge is 0.410 e. The van der Waals surface area contributed by atoms with E-state index >= 15 is 0 Å². The third kappa shape index (κ3) is 4.23. The average Bonchev–Trinajstić information content (AvgIpc) is 2.26. The molecule has 92 valence electrons. The Hall–Kier alpha value is -1.03. The first-order valence-electron chi connectivity index (χ1n) is 5.76. The summed E-state index contributed by atoms with van der Waals surface area (Å²) in [6.45, 7) is 5.89. The van der Waals surface area contributed by atoms with Gasteiger partial charge in [-0.25, -0.2) is 4.79 Å². The molecule has 1 aliphatic rings. The zero-order chi connectivity index (χ0) is 12.0. The second-order valence-electron chi connectivity index (χ2n) is 4.23. The molecule has 0 bridgehead atoms. The van der Waals surface area contributed by atoms with Gasteiger partial charge in [-0.1, -0.05) is 11.6 Å². The molecule has 16 heavy (non-hydrogen) atoms. The van der Waals surface area contributed by atoms with Crippen LogP contribution in [0.3, 0.4) is 0 Å². The van der Waals surface area contributed by atoms with Crippen LogP contribution in [0, 0.1) is 0 Å². The maximum absolute atomic E-state index is 11.6. The van der Waals surface area contributed by atoms with Crippen LogP contribution >= 0.6 is 0 Å². The normalized spacial score (nSPS) is 16.2. The van der Waals surface area contributed by atoms with Gasteiger partial charge < -0.3 is 14.4 Å². The van der Waals surface area contributed by atoms with Crippen molar-refractivity contribution in [1.82, 2.24) is 4.90 Å². The molecule has 0 saturated carbocycles. The van der Waals surface area contributed by atoms with Crippen molar-refractivity contribution < 1.29 is 14.3 Å². The van der Waals surface area contributed by atoms with Gasteiger partial charge in [0.2, 0.25) is 0 Å². The molecular formula is C12H21NO3. The zero-order valence-electron chi connectivity index (χ0n) is 10.4. The summed E-state index contributed by atoms with van der Waals surface area (Å²) in [5.41, 5.74) is 1.37. The fourth-order valence-corrected chi connectivity index (χ4v) is 1.61. The first-order chi connectivity index (χ1) is 7.63. The van der Waals surface area contributed by atoms with E-state index in [1.54, 1.807) is 12.0 Å². The van der Waals surface area contributed by atoms with Gasteiger partial charge in [-0.05, 0) is 26.7 Å². The van der Waals surface area contributed by atoms with Gasteiger partial charge in [0.05, 0.1) is 6.10 Å². The lowest BCUT2D eigenvalue weighted by molar-refractivity contribution is 0.0789. The van der Waals surface area contributed by atoms with Crippen molar-refractivity contribution in [2.24, 2.45) is 0 Å². The Labute approximate surface area is 97.2 Å². The van der Waals surface area contributed by atoms with Gasteiger partial charge in [0, 0.05) is 26.8 Å². The van der Waals surface area contributed by atoms with E-state index in [2.05, 4.69) is 6.08 Å². The summed E-state index contributed by atoms with van der Waals surface area (Å²) in [5, 5.41) is 0. The number of rotatable bonds is 4. The van der Waals surface area contributed by atoms with E-state index in [-0.39, 0.29) is 12.2 Å². The summed E-state index contributed by atoms with van der Waals surface area (Å²) in [6, 6.07) is 0. The number of carbonyl (C=O) groups is 1. The lowest BCUT2D eigenvalue weighted by Gasteiger charge is -2.26. The molecule has 4 nitrogen and oxygen atoms in total. The highest BCUT2D eigenvalue weighted by Crippen LogP contribution is 2.15. The maximum atomic E-state index is 11.6. The predicted octanol–water partition coefficient (Wildman–Crippen LogP) is 2.20. The Morgan fingerprint density at radius 3 is 2.81 bits per heavy atom. The maximum Gasteiger partial charge on any atom is 0.410 e. The summed E-state index contributed by atoms with van der Waals surface area (Å²) in [4.78, 5) is 13.3. The van der Waals surface area contributed by atoms with Crippen molar-refractivity contribution in [3.63, 3.8) is 0 Å². The molecule has 0 aromatic heterocycles. The molecule has 0 aromatic rings. The summed E-state index contributed by atoms with van der Waals surface area (Å²) in [6.07, 6.45) is 3.73. The molecular weight excluding hydrogens is 206 g/mol. The number of ether oxygens (including phenoxy) is 2. The molecule has 0 aromatic carbocycles. The van der Waals surface area contributed by atoms with Crippen LogP contribution in [0.2, 0.25) is 0 Å². The summed E-state index contributed by atoms with van der Waals surface area (Å²) in [7, 11) is 1.70. The number of hydrogen-bond acceptors (Lipinski definition) is 3. The third-order valence-electron chi connectivity index (χ3n) is 2.53.